The molecule has 0 bridgehead atoms. The topological polar surface area (TPSA) is 119 Å². The number of halogens is 3. The van der Waals surface area contributed by atoms with E-state index in [0.29, 0.717) is 22.1 Å². The van der Waals surface area contributed by atoms with Gasteiger partial charge in [-0.05, 0) is 42.5 Å². The Morgan fingerprint density at radius 1 is 1.13 bits per heavy atom. The lowest BCUT2D eigenvalue weighted by atomic mass is 10.2. The molecule has 0 spiro atoms. The first kappa shape index (κ1) is 23.4. The van der Waals surface area contributed by atoms with Crippen molar-refractivity contribution in [1.82, 2.24) is 10.2 Å². The molecule has 31 heavy (non-hydrogen) atoms. The molecule has 0 aliphatic rings. The Morgan fingerprint density at radius 2 is 1.87 bits per heavy atom. The summed E-state index contributed by atoms with van der Waals surface area (Å²) in [6.07, 6.45) is -0.738. The molecule has 0 aliphatic heterocycles. The fraction of sp³-hybridized carbons (Fsp3) is 0.111. The molecule has 3 aromatic rings. The van der Waals surface area contributed by atoms with Crippen LogP contribution in [-0.2, 0) is 4.74 Å². The number of carbonyl (C=O) groups excluding carboxylic acids is 2. The molecule has 4 N–H and O–H groups in total. The Kier molecular flexibility index (Phi) is 7.84. The molecule has 2 aromatic carbocycles. The predicted molar refractivity (Wildman–Crippen MR) is 125 cm³/mol. The van der Waals surface area contributed by atoms with Gasteiger partial charge in [0, 0.05) is 26.7 Å². The molecule has 0 saturated heterocycles. The maximum absolute atomic E-state index is 12.3. The summed E-state index contributed by atoms with van der Waals surface area (Å²) in [7, 11) is 0. The molecular weight excluding hydrogens is 505 g/mol. The molecular formula is C18H14Cl3N5O3S2. The highest BCUT2D eigenvalue weighted by molar-refractivity contribution is 7.99. The molecule has 0 fully saturated rings. The minimum absolute atomic E-state index is 0.322. The van der Waals surface area contributed by atoms with E-state index in [1.807, 2.05) is 0 Å². The summed E-state index contributed by atoms with van der Waals surface area (Å²) in [6.45, 7) is -0.370. The summed E-state index contributed by atoms with van der Waals surface area (Å²) in [5, 5.41) is 13.0. The van der Waals surface area contributed by atoms with Gasteiger partial charge in [-0.15, -0.1) is 10.2 Å². The summed E-state index contributed by atoms with van der Waals surface area (Å²) in [5.74, 6) is -0.322. The van der Waals surface area contributed by atoms with Crippen LogP contribution in [-0.4, -0.2) is 32.6 Å². The summed E-state index contributed by atoms with van der Waals surface area (Å²) < 4.78 is 3.13. The van der Waals surface area contributed by atoms with Gasteiger partial charge in [0.1, 0.15) is 12.1 Å². The number of anilines is 3. The first-order chi connectivity index (χ1) is 14.7. The number of nitrogen functional groups attached to an aromatic ring is 1. The van der Waals surface area contributed by atoms with Crippen LogP contribution in [0.2, 0.25) is 0 Å². The maximum Gasteiger partial charge on any atom is 0.411 e. The van der Waals surface area contributed by atoms with Gasteiger partial charge in [-0.2, -0.15) is 0 Å². The van der Waals surface area contributed by atoms with E-state index >= 15 is 0 Å². The molecule has 8 nitrogen and oxygen atoms in total. The van der Waals surface area contributed by atoms with Gasteiger partial charge in [-0.1, -0.05) is 57.9 Å². The van der Waals surface area contributed by atoms with Crippen molar-refractivity contribution in [3.05, 3.63) is 53.5 Å². The van der Waals surface area contributed by atoms with Crippen LogP contribution in [0.1, 0.15) is 10.4 Å². The first-order valence-electron chi connectivity index (χ1n) is 8.45. The van der Waals surface area contributed by atoms with Gasteiger partial charge < -0.3 is 10.5 Å². The number of carbonyl (C=O) groups is 2. The summed E-state index contributed by atoms with van der Waals surface area (Å²) in [5.41, 5.74) is 9.01. The Balaban J connectivity index is 1.58. The zero-order valence-electron chi connectivity index (χ0n) is 15.5. The molecule has 0 radical (unpaired) electrons. The SMILES string of the molecule is Nc1cc(C(=O)Nc2nncs2)ccc1Sc1ccc(NC(=O)OCC(Cl)(Cl)Cl)cc1. The zero-order valence-corrected chi connectivity index (χ0v) is 19.4. The highest BCUT2D eigenvalue weighted by Gasteiger charge is 2.22. The molecule has 2 amide bonds. The lowest BCUT2D eigenvalue weighted by Gasteiger charge is -2.12. The third-order valence-corrected chi connectivity index (χ3v) is 5.58. The third-order valence-electron chi connectivity index (χ3n) is 3.55. The van der Waals surface area contributed by atoms with Crippen molar-refractivity contribution in [3.63, 3.8) is 0 Å². The standard InChI is InChI=1S/C18H14Cl3N5O3S2/c19-18(20,21)8-29-17(28)24-11-2-4-12(5-3-11)31-14-6-1-10(7-13(14)22)15(27)25-16-26-23-9-30-16/h1-7,9H,8,22H2,(H,24,28)(H,25,26,27). The van der Waals surface area contributed by atoms with Gasteiger partial charge in [0.25, 0.3) is 5.91 Å². The summed E-state index contributed by atoms with van der Waals surface area (Å²) in [6, 6.07) is 12.0. The number of nitrogens with two attached hydrogens (primary N) is 1. The Morgan fingerprint density at radius 3 is 2.48 bits per heavy atom. The van der Waals surface area contributed by atoms with Gasteiger partial charge >= 0.3 is 6.09 Å². The molecule has 0 atom stereocenters. The molecule has 0 aliphatic carbocycles. The fourth-order valence-corrected chi connectivity index (χ4v) is 3.66. The van der Waals surface area contributed by atoms with Crippen molar-refractivity contribution in [1.29, 1.82) is 0 Å². The molecule has 1 aromatic heterocycles. The third kappa shape index (κ3) is 7.44. The number of aromatic nitrogens is 2. The van der Waals surface area contributed by atoms with E-state index in [4.69, 9.17) is 45.3 Å². The number of ether oxygens (including phenoxy) is 1. The largest absolute Gasteiger partial charge is 0.445 e. The molecule has 3 rings (SSSR count). The Labute approximate surface area is 200 Å². The average molecular weight is 519 g/mol. The van der Waals surface area contributed by atoms with Crippen LogP contribution in [0, 0.1) is 0 Å². The van der Waals surface area contributed by atoms with E-state index in [-0.39, 0.29) is 12.5 Å². The van der Waals surface area contributed by atoms with Gasteiger partial charge in [-0.3, -0.25) is 15.4 Å². The van der Waals surface area contributed by atoms with Crippen LogP contribution >= 0.6 is 57.9 Å². The fourth-order valence-electron chi connectivity index (χ4n) is 2.21. The van der Waals surface area contributed by atoms with Crippen molar-refractivity contribution >= 4 is 86.4 Å². The number of nitrogens with one attached hydrogen (secondary N) is 2. The van der Waals surface area contributed by atoms with Crippen molar-refractivity contribution < 1.29 is 14.3 Å². The number of hydrogen-bond acceptors (Lipinski definition) is 8. The van der Waals surface area contributed by atoms with Crippen LogP contribution < -0.4 is 16.4 Å². The van der Waals surface area contributed by atoms with Crippen LogP contribution in [0.5, 0.6) is 0 Å². The van der Waals surface area contributed by atoms with Gasteiger partial charge in [0.15, 0.2) is 0 Å². The molecule has 0 unspecified atom stereocenters. The van der Waals surface area contributed by atoms with E-state index in [9.17, 15) is 9.59 Å². The predicted octanol–water partition coefficient (Wildman–Crippen LogP) is 5.44. The monoisotopic (exact) mass is 517 g/mol. The number of alkyl halides is 3. The molecule has 162 valence electrons. The normalized spacial score (nSPS) is 11.1. The van der Waals surface area contributed by atoms with Crippen LogP contribution in [0.4, 0.5) is 21.3 Å². The zero-order chi connectivity index (χ0) is 22.4. The first-order valence-corrected chi connectivity index (χ1v) is 11.3. The highest BCUT2D eigenvalue weighted by Crippen LogP contribution is 2.33. The van der Waals surface area contributed by atoms with Crippen molar-refractivity contribution in [3.8, 4) is 0 Å². The highest BCUT2D eigenvalue weighted by atomic mass is 35.6. The van der Waals surface area contributed by atoms with E-state index in [0.717, 1.165) is 9.79 Å². The van der Waals surface area contributed by atoms with E-state index in [1.54, 1.807) is 42.5 Å². The number of nitrogens with zero attached hydrogens (tertiary/aromatic N) is 2. The number of amides is 2. The van der Waals surface area contributed by atoms with Crippen LogP contribution in [0.3, 0.4) is 0 Å². The average Bonchev–Trinajstić information content (AvgIpc) is 3.22. The minimum Gasteiger partial charge on any atom is -0.445 e. The van der Waals surface area contributed by atoms with Crippen molar-refractivity contribution in [2.75, 3.05) is 23.0 Å². The lowest BCUT2D eigenvalue weighted by molar-refractivity contribution is 0.102. The molecule has 1 heterocycles. The molecule has 0 saturated carbocycles. The van der Waals surface area contributed by atoms with Gasteiger partial charge in [0.05, 0.1) is 0 Å². The van der Waals surface area contributed by atoms with Crippen LogP contribution in [0.25, 0.3) is 0 Å². The number of benzene rings is 2. The maximum atomic E-state index is 12.3. The van der Waals surface area contributed by atoms with E-state index in [2.05, 4.69) is 20.8 Å². The van der Waals surface area contributed by atoms with Crippen molar-refractivity contribution in [2.24, 2.45) is 0 Å². The molecule has 13 heteroatoms. The van der Waals surface area contributed by atoms with E-state index < -0.39 is 9.89 Å². The summed E-state index contributed by atoms with van der Waals surface area (Å²) >= 11 is 19.2. The quantitative estimate of drug-likeness (QED) is 0.293. The Hall–Kier alpha value is -2.24. The van der Waals surface area contributed by atoms with Gasteiger partial charge in [-0.25, -0.2) is 4.79 Å². The second-order valence-corrected chi connectivity index (χ2v) is 10.4. The van der Waals surface area contributed by atoms with Crippen LogP contribution in [0.15, 0.2) is 57.8 Å². The minimum atomic E-state index is -1.67. The second kappa shape index (κ2) is 10.4. The summed E-state index contributed by atoms with van der Waals surface area (Å²) in [4.78, 5) is 25.6. The number of rotatable bonds is 6. The second-order valence-electron chi connectivity index (χ2n) is 5.89. The van der Waals surface area contributed by atoms with E-state index in [1.165, 1.54) is 28.6 Å². The smallest absolute Gasteiger partial charge is 0.411 e. The lowest BCUT2D eigenvalue weighted by Crippen LogP contribution is -2.21. The van der Waals surface area contributed by atoms with Gasteiger partial charge in [0.2, 0.25) is 8.92 Å². The van der Waals surface area contributed by atoms with Crippen molar-refractivity contribution in [2.45, 2.75) is 13.6 Å². The Bertz CT molecular complexity index is 1060. The number of hydrogen-bond donors (Lipinski definition) is 3.